The van der Waals surface area contributed by atoms with Gasteiger partial charge in [0.15, 0.2) is 11.1 Å². The summed E-state index contributed by atoms with van der Waals surface area (Å²) in [7, 11) is 0. The minimum Gasteiger partial charge on any atom is -0.427 e. The van der Waals surface area contributed by atoms with Gasteiger partial charge in [-0.25, -0.2) is 9.00 Å². The van der Waals surface area contributed by atoms with Gasteiger partial charge in [-0.3, -0.25) is 4.79 Å². The minimum absolute atomic E-state index is 0.0826. The quantitative estimate of drug-likeness (QED) is 0.324. The van der Waals surface area contributed by atoms with Gasteiger partial charge in [0.2, 0.25) is 6.79 Å². The molecule has 0 aromatic carbocycles. The van der Waals surface area contributed by atoms with Crippen LogP contribution in [-0.4, -0.2) is 39.9 Å². The van der Waals surface area contributed by atoms with Gasteiger partial charge in [0.1, 0.15) is 0 Å². The molecule has 0 fully saturated rings. The molecule has 7 nitrogen and oxygen atoms in total. The zero-order valence-corrected chi connectivity index (χ0v) is 11.5. The van der Waals surface area contributed by atoms with E-state index in [4.69, 9.17) is 9.29 Å². The second kappa shape index (κ2) is 8.04. The summed E-state index contributed by atoms with van der Waals surface area (Å²) in [5.74, 6) is -0.384. The van der Waals surface area contributed by atoms with Gasteiger partial charge in [-0.2, -0.15) is 0 Å². The molecule has 0 rings (SSSR count). The van der Waals surface area contributed by atoms with Crippen molar-refractivity contribution in [3.63, 3.8) is 0 Å². The molecule has 0 saturated heterocycles. The van der Waals surface area contributed by atoms with Gasteiger partial charge in [0, 0.05) is 6.54 Å². The van der Waals surface area contributed by atoms with Crippen LogP contribution < -0.4 is 5.32 Å². The van der Waals surface area contributed by atoms with Gasteiger partial charge in [0.05, 0.1) is 11.2 Å². The first-order valence-corrected chi connectivity index (χ1v) is 6.66. The number of hydrogen-bond acceptors (Lipinski definition) is 5. The van der Waals surface area contributed by atoms with E-state index in [0.717, 1.165) is 0 Å². The molecule has 0 aliphatic heterocycles. The van der Waals surface area contributed by atoms with Crippen LogP contribution in [0.25, 0.3) is 0 Å². The van der Waals surface area contributed by atoms with Crippen molar-refractivity contribution >= 4 is 23.1 Å². The topological polar surface area (TPSA) is 102 Å². The molecule has 18 heavy (non-hydrogen) atoms. The van der Waals surface area contributed by atoms with E-state index in [0.29, 0.717) is 6.42 Å². The number of rotatable bonds is 6. The summed E-state index contributed by atoms with van der Waals surface area (Å²) in [5, 5.41) is 2.35. The van der Waals surface area contributed by atoms with Crippen LogP contribution in [0.3, 0.4) is 0 Å². The highest BCUT2D eigenvalue weighted by Gasteiger charge is 2.23. The predicted molar refractivity (Wildman–Crippen MR) is 65.2 cm³/mol. The summed E-state index contributed by atoms with van der Waals surface area (Å²) in [6, 6.07) is 0. The molecule has 0 aromatic rings. The molecule has 0 aromatic heterocycles. The van der Waals surface area contributed by atoms with E-state index < -0.39 is 35.4 Å². The molecule has 0 radical (unpaired) electrons. The smallest absolute Gasteiger partial charge is 0.410 e. The first kappa shape index (κ1) is 16.9. The van der Waals surface area contributed by atoms with Crippen LogP contribution in [0.15, 0.2) is 0 Å². The molecular formula is C10H19NO6S. The fourth-order valence-electron chi connectivity index (χ4n) is 0.790. The molecule has 0 aliphatic carbocycles. The van der Waals surface area contributed by atoms with Crippen LogP contribution in [0.2, 0.25) is 0 Å². The molecule has 1 amide bonds. The normalized spacial score (nSPS) is 12.7. The van der Waals surface area contributed by atoms with Crippen molar-refractivity contribution in [2.75, 3.05) is 19.1 Å². The van der Waals surface area contributed by atoms with Crippen molar-refractivity contribution in [2.45, 2.75) is 27.2 Å². The van der Waals surface area contributed by atoms with Gasteiger partial charge < -0.3 is 19.3 Å². The molecule has 2 N–H and O–H groups in total. The first-order chi connectivity index (χ1) is 8.23. The van der Waals surface area contributed by atoms with Crippen molar-refractivity contribution in [2.24, 2.45) is 5.41 Å². The van der Waals surface area contributed by atoms with E-state index in [1.807, 2.05) is 0 Å². The minimum atomic E-state index is -1.86. The fourth-order valence-corrected chi connectivity index (χ4v) is 1.18. The lowest BCUT2D eigenvalue weighted by Gasteiger charge is -2.16. The Balaban J connectivity index is 3.60. The van der Waals surface area contributed by atoms with Crippen LogP contribution in [0, 0.1) is 5.41 Å². The number of amides is 1. The first-order valence-electron chi connectivity index (χ1n) is 5.39. The maximum absolute atomic E-state index is 11.3. The lowest BCUT2D eigenvalue weighted by Crippen LogP contribution is -2.29. The number of carbonyl (C=O) groups excluding carboxylic acids is 2. The second-order valence-corrected chi connectivity index (χ2v) is 5.59. The highest BCUT2D eigenvalue weighted by atomic mass is 32.2. The van der Waals surface area contributed by atoms with Crippen LogP contribution in [0.1, 0.15) is 27.2 Å². The Bertz CT molecular complexity index is 312. The molecule has 0 heterocycles. The molecular weight excluding hydrogens is 262 g/mol. The Labute approximate surface area is 109 Å². The van der Waals surface area contributed by atoms with Gasteiger partial charge in [0.25, 0.3) is 0 Å². The monoisotopic (exact) mass is 281 g/mol. The van der Waals surface area contributed by atoms with E-state index in [1.165, 1.54) is 0 Å². The Kier molecular flexibility index (Phi) is 7.53. The van der Waals surface area contributed by atoms with Crippen molar-refractivity contribution in [3.8, 4) is 0 Å². The number of hydrogen-bond donors (Lipinski definition) is 2. The van der Waals surface area contributed by atoms with E-state index in [-0.39, 0.29) is 12.3 Å². The molecule has 1 unspecified atom stereocenters. The maximum atomic E-state index is 11.3. The summed E-state index contributed by atoms with van der Waals surface area (Å²) in [5.41, 5.74) is -0.648. The fraction of sp³-hybridized carbons (Fsp3) is 0.800. The van der Waals surface area contributed by atoms with E-state index in [2.05, 4.69) is 10.1 Å². The third kappa shape index (κ3) is 8.94. The average Bonchev–Trinajstić information content (AvgIpc) is 2.22. The van der Waals surface area contributed by atoms with E-state index >= 15 is 0 Å². The molecule has 0 bridgehead atoms. The Morgan fingerprint density at radius 3 is 2.39 bits per heavy atom. The summed E-state index contributed by atoms with van der Waals surface area (Å²) in [4.78, 5) is 22.3. The molecule has 8 heteroatoms. The zero-order valence-electron chi connectivity index (χ0n) is 10.7. The Morgan fingerprint density at radius 1 is 1.28 bits per heavy atom. The molecule has 0 saturated carbocycles. The molecule has 106 valence electrons. The summed E-state index contributed by atoms with van der Waals surface area (Å²) < 4.78 is 28.1. The standard InChI is InChI=1S/C10H19NO6S/c1-10(2,3)8(12)16-7-17-9(13)11-5-4-6-18(14)15/h4-7H2,1-3H3,(H,11,13)(H,14,15). The highest BCUT2D eigenvalue weighted by Crippen LogP contribution is 2.14. The van der Waals surface area contributed by atoms with Crippen molar-refractivity contribution in [1.29, 1.82) is 0 Å². The largest absolute Gasteiger partial charge is 0.427 e. The SMILES string of the molecule is CC(C)(C)C(=O)OCOC(=O)NCCCS(=O)O. The Morgan fingerprint density at radius 2 is 1.89 bits per heavy atom. The number of carbonyl (C=O) groups is 2. The third-order valence-corrected chi connectivity index (χ3v) is 2.40. The lowest BCUT2D eigenvalue weighted by molar-refractivity contribution is -0.161. The predicted octanol–water partition coefficient (Wildman–Crippen LogP) is 0.871. The van der Waals surface area contributed by atoms with Gasteiger partial charge in [-0.1, -0.05) is 0 Å². The van der Waals surface area contributed by atoms with Crippen molar-refractivity contribution in [3.05, 3.63) is 0 Å². The van der Waals surface area contributed by atoms with Crippen LogP contribution >= 0.6 is 0 Å². The van der Waals surface area contributed by atoms with Crippen LogP contribution in [0.5, 0.6) is 0 Å². The van der Waals surface area contributed by atoms with Gasteiger partial charge in [-0.05, 0) is 27.2 Å². The summed E-state index contributed by atoms with van der Waals surface area (Å²) in [6.07, 6.45) is -0.375. The number of nitrogens with one attached hydrogen (secondary N) is 1. The highest BCUT2D eigenvalue weighted by molar-refractivity contribution is 7.79. The van der Waals surface area contributed by atoms with Gasteiger partial charge in [-0.15, -0.1) is 0 Å². The molecule has 1 atom stereocenters. The number of ether oxygens (including phenoxy) is 2. The maximum Gasteiger partial charge on any atom is 0.410 e. The van der Waals surface area contributed by atoms with Crippen molar-refractivity contribution in [1.82, 2.24) is 5.32 Å². The van der Waals surface area contributed by atoms with Crippen molar-refractivity contribution < 1.29 is 27.8 Å². The lowest BCUT2D eigenvalue weighted by atomic mass is 9.98. The van der Waals surface area contributed by atoms with Gasteiger partial charge >= 0.3 is 12.1 Å². The molecule has 0 spiro atoms. The number of esters is 1. The number of alkyl carbamates (subject to hydrolysis) is 1. The summed E-state index contributed by atoms with van der Waals surface area (Å²) >= 11 is -1.86. The second-order valence-electron chi connectivity index (χ2n) is 4.54. The van der Waals surface area contributed by atoms with Crippen LogP contribution in [0.4, 0.5) is 4.79 Å². The summed E-state index contributed by atoms with van der Waals surface area (Å²) in [6.45, 7) is 4.82. The molecule has 0 aliphatic rings. The third-order valence-electron chi connectivity index (χ3n) is 1.76. The van der Waals surface area contributed by atoms with Crippen LogP contribution in [-0.2, 0) is 25.3 Å². The van der Waals surface area contributed by atoms with E-state index in [9.17, 15) is 13.8 Å². The zero-order chi connectivity index (χ0) is 14.2. The Hall–Kier alpha value is -1.15. The average molecular weight is 281 g/mol. The van der Waals surface area contributed by atoms with E-state index in [1.54, 1.807) is 20.8 Å².